The number of rotatable bonds is 3. The van der Waals surface area contributed by atoms with E-state index in [2.05, 4.69) is 9.98 Å². The quantitative estimate of drug-likeness (QED) is 0.807. The molecule has 1 aromatic heterocycles. The van der Waals surface area contributed by atoms with Gasteiger partial charge in [-0.25, -0.2) is 9.98 Å². The molecule has 112 valence electrons. The van der Waals surface area contributed by atoms with Gasteiger partial charge >= 0.3 is 6.02 Å². The van der Waals surface area contributed by atoms with E-state index >= 15 is 0 Å². The molecule has 0 spiro atoms. The summed E-state index contributed by atoms with van der Waals surface area (Å²) >= 11 is 1.48. The standard InChI is InChI=1S/C15H19N3O2S/c1-2-18-14(19)12(10-13-16-8-9-21-13)20-15(18)17-11-6-4-3-5-7-11/h8-11H,2-7H2,1H3. The van der Waals surface area contributed by atoms with E-state index in [-0.39, 0.29) is 11.9 Å². The Labute approximate surface area is 128 Å². The Morgan fingerprint density at radius 1 is 1.48 bits per heavy atom. The number of aromatic nitrogens is 1. The van der Waals surface area contributed by atoms with Gasteiger partial charge in [0.1, 0.15) is 5.01 Å². The number of ether oxygens (including phenoxy) is 1. The lowest BCUT2D eigenvalue weighted by atomic mass is 9.96. The number of carbonyl (C=O) groups excluding carboxylic acids is 1. The van der Waals surface area contributed by atoms with Crippen LogP contribution >= 0.6 is 11.3 Å². The Hall–Kier alpha value is -1.69. The van der Waals surface area contributed by atoms with Crippen LogP contribution in [-0.2, 0) is 9.53 Å². The van der Waals surface area contributed by atoms with Crippen LogP contribution in [-0.4, -0.2) is 34.4 Å². The fraction of sp³-hybridized carbons (Fsp3) is 0.533. The number of amides is 1. The first-order valence-electron chi connectivity index (χ1n) is 7.46. The summed E-state index contributed by atoms with van der Waals surface area (Å²) in [6.07, 6.45) is 9.29. The van der Waals surface area contributed by atoms with E-state index in [9.17, 15) is 4.79 Å². The molecule has 1 aliphatic heterocycles. The highest BCUT2D eigenvalue weighted by atomic mass is 32.1. The van der Waals surface area contributed by atoms with Crippen LogP contribution in [0.25, 0.3) is 6.08 Å². The van der Waals surface area contributed by atoms with Gasteiger partial charge in [0, 0.05) is 24.2 Å². The van der Waals surface area contributed by atoms with Crippen LogP contribution in [0.5, 0.6) is 0 Å². The average molecular weight is 305 g/mol. The molecule has 2 aliphatic rings. The highest BCUT2D eigenvalue weighted by molar-refractivity contribution is 7.10. The van der Waals surface area contributed by atoms with Crippen LogP contribution in [0.15, 0.2) is 22.3 Å². The molecular weight excluding hydrogens is 286 g/mol. The molecule has 0 N–H and O–H groups in total. The van der Waals surface area contributed by atoms with E-state index < -0.39 is 0 Å². The van der Waals surface area contributed by atoms with E-state index in [1.807, 2.05) is 12.3 Å². The largest absolute Gasteiger partial charge is 0.420 e. The second kappa shape index (κ2) is 6.39. The summed E-state index contributed by atoms with van der Waals surface area (Å²) in [6, 6.07) is 0.743. The first-order chi connectivity index (χ1) is 10.3. The summed E-state index contributed by atoms with van der Waals surface area (Å²) in [5.41, 5.74) is 0. The lowest BCUT2D eigenvalue weighted by Gasteiger charge is -2.19. The molecule has 1 saturated heterocycles. The first kappa shape index (κ1) is 14.3. The van der Waals surface area contributed by atoms with Gasteiger partial charge in [0.15, 0.2) is 5.76 Å². The maximum Gasteiger partial charge on any atom is 0.300 e. The molecule has 21 heavy (non-hydrogen) atoms. The van der Waals surface area contributed by atoms with Crippen molar-refractivity contribution >= 4 is 29.3 Å². The van der Waals surface area contributed by atoms with Crippen molar-refractivity contribution in [1.29, 1.82) is 0 Å². The van der Waals surface area contributed by atoms with Crippen molar-refractivity contribution in [2.75, 3.05) is 6.54 Å². The zero-order valence-corrected chi connectivity index (χ0v) is 12.9. The van der Waals surface area contributed by atoms with Gasteiger partial charge in [-0.05, 0) is 19.8 Å². The number of amidine groups is 1. The molecule has 3 rings (SSSR count). The maximum absolute atomic E-state index is 12.3. The number of likely N-dealkylation sites (N-methyl/N-ethyl adjacent to an activating group) is 1. The maximum atomic E-state index is 12.3. The topological polar surface area (TPSA) is 54.8 Å². The molecule has 1 aliphatic carbocycles. The van der Waals surface area contributed by atoms with Crippen LogP contribution in [0.1, 0.15) is 44.0 Å². The van der Waals surface area contributed by atoms with Crippen molar-refractivity contribution < 1.29 is 9.53 Å². The Bertz CT molecular complexity index is 559. The van der Waals surface area contributed by atoms with Gasteiger partial charge in [-0.1, -0.05) is 19.3 Å². The molecule has 0 aromatic carbocycles. The molecule has 0 unspecified atom stereocenters. The lowest BCUT2D eigenvalue weighted by Crippen LogP contribution is -2.30. The fourth-order valence-electron chi connectivity index (χ4n) is 2.67. The number of aliphatic imine (C=N–C) groups is 1. The van der Waals surface area contributed by atoms with Gasteiger partial charge in [-0.3, -0.25) is 9.69 Å². The third-order valence-electron chi connectivity index (χ3n) is 3.78. The summed E-state index contributed by atoms with van der Waals surface area (Å²) in [5, 5.41) is 2.65. The molecular formula is C15H19N3O2S. The second-order valence-corrected chi connectivity index (χ2v) is 6.16. The Kier molecular flexibility index (Phi) is 4.34. The van der Waals surface area contributed by atoms with Crippen molar-refractivity contribution in [3.05, 3.63) is 22.3 Å². The molecule has 0 radical (unpaired) electrons. The summed E-state index contributed by atoms with van der Waals surface area (Å²) in [7, 11) is 0. The smallest absolute Gasteiger partial charge is 0.300 e. The van der Waals surface area contributed by atoms with E-state index in [0.717, 1.165) is 17.8 Å². The minimum absolute atomic E-state index is 0.123. The van der Waals surface area contributed by atoms with Crippen LogP contribution < -0.4 is 0 Å². The van der Waals surface area contributed by atoms with Gasteiger partial charge in [0.2, 0.25) is 0 Å². The van der Waals surface area contributed by atoms with E-state index in [4.69, 9.17) is 4.74 Å². The normalized spacial score (nSPS) is 24.0. The van der Waals surface area contributed by atoms with Gasteiger partial charge in [-0.2, -0.15) is 0 Å². The third-order valence-corrected chi connectivity index (χ3v) is 4.50. The van der Waals surface area contributed by atoms with E-state index in [0.29, 0.717) is 18.3 Å². The monoisotopic (exact) mass is 305 g/mol. The molecule has 1 saturated carbocycles. The van der Waals surface area contributed by atoms with Crippen LogP contribution in [0, 0.1) is 0 Å². The summed E-state index contributed by atoms with van der Waals surface area (Å²) < 4.78 is 5.71. The average Bonchev–Trinajstić information content (AvgIpc) is 3.10. The molecule has 2 heterocycles. The van der Waals surface area contributed by atoms with Gasteiger partial charge in [0.05, 0.1) is 6.04 Å². The number of hydrogen-bond donors (Lipinski definition) is 0. The first-order valence-corrected chi connectivity index (χ1v) is 8.34. The zero-order chi connectivity index (χ0) is 14.7. The zero-order valence-electron chi connectivity index (χ0n) is 12.1. The molecule has 0 atom stereocenters. The number of carbonyl (C=O) groups is 1. The highest BCUT2D eigenvalue weighted by Crippen LogP contribution is 2.25. The van der Waals surface area contributed by atoms with E-state index in [1.165, 1.54) is 30.6 Å². The van der Waals surface area contributed by atoms with Gasteiger partial charge in [-0.15, -0.1) is 11.3 Å². The Balaban J connectivity index is 1.81. The molecule has 1 aromatic rings. The van der Waals surface area contributed by atoms with Crippen molar-refractivity contribution in [2.24, 2.45) is 4.99 Å². The predicted octanol–water partition coefficient (Wildman–Crippen LogP) is 3.05. The minimum Gasteiger partial charge on any atom is -0.420 e. The van der Waals surface area contributed by atoms with Crippen molar-refractivity contribution in [3.8, 4) is 0 Å². The molecule has 0 bridgehead atoms. The number of nitrogens with zero attached hydrogens (tertiary/aromatic N) is 3. The van der Waals surface area contributed by atoms with Crippen molar-refractivity contribution in [2.45, 2.75) is 45.1 Å². The Morgan fingerprint density at radius 2 is 2.29 bits per heavy atom. The Morgan fingerprint density at radius 3 is 2.95 bits per heavy atom. The van der Waals surface area contributed by atoms with Crippen molar-refractivity contribution in [3.63, 3.8) is 0 Å². The summed E-state index contributed by atoms with van der Waals surface area (Å²) in [6.45, 7) is 2.50. The third kappa shape index (κ3) is 3.15. The SMILES string of the molecule is CCN1C(=O)C(=Cc2nccs2)OC1=NC1CCCCC1. The predicted molar refractivity (Wildman–Crippen MR) is 82.9 cm³/mol. The molecule has 1 amide bonds. The number of hydrogen-bond acceptors (Lipinski definition) is 5. The van der Waals surface area contributed by atoms with Gasteiger partial charge in [0.25, 0.3) is 5.91 Å². The minimum atomic E-state index is -0.123. The second-order valence-electron chi connectivity index (χ2n) is 5.23. The summed E-state index contributed by atoms with van der Waals surface area (Å²) in [5.74, 6) is 0.198. The van der Waals surface area contributed by atoms with Crippen LogP contribution in [0.4, 0.5) is 0 Å². The molecule has 2 fully saturated rings. The van der Waals surface area contributed by atoms with Crippen LogP contribution in [0.3, 0.4) is 0 Å². The number of thiazole rings is 1. The molecule has 6 heteroatoms. The van der Waals surface area contributed by atoms with E-state index in [1.54, 1.807) is 17.2 Å². The van der Waals surface area contributed by atoms with Crippen molar-refractivity contribution in [1.82, 2.24) is 9.88 Å². The van der Waals surface area contributed by atoms with Crippen LogP contribution in [0.2, 0.25) is 0 Å². The highest BCUT2D eigenvalue weighted by Gasteiger charge is 2.34. The summed E-state index contributed by atoms with van der Waals surface area (Å²) in [4.78, 5) is 22.8. The molecule has 5 nitrogen and oxygen atoms in total. The van der Waals surface area contributed by atoms with Gasteiger partial charge < -0.3 is 4.74 Å². The lowest BCUT2D eigenvalue weighted by molar-refractivity contribution is -0.122. The fourth-order valence-corrected chi connectivity index (χ4v) is 3.23.